The summed E-state index contributed by atoms with van der Waals surface area (Å²) < 4.78 is 0. The average Bonchev–Trinajstić information content (AvgIpc) is 2.77. The molecular weight excluding hydrogens is 216 g/mol. The van der Waals surface area contributed by atoms with E-state index in [1.807, 2.05) is 0 Å². The summed E-state index contributed by atoms with van der Waals surface area (Å²) in [6, 6.07) is 3.40. The number of hydrogen-bond donors (Lipinski definition) is 1. The van der Waals surface area contributed by atoms with Crippen LogP contribution in [0.5, 0.6) is 0 Å². The molecule has 16 heavy (non-hydrogen) atoms. The van der Waals surface area contributed by atoms with Crippen LogP contribution < -0.4 is 5.32 Å². The molecule has 1 aromatic rings. The summed E-state index contributed by atoms with van der Waals surface area (Å²) in [5.41, 5.74) is 1.42. The predicted molar refractivity (Wildman–Crippen MR) is 73.0 cm³/mol. The summed E-state index contributed by atoms with van der Waals surface area (Å²) in [6.45, 7) is 8.85. The molecule has 92 valence electrons. The molecule has 1 rings (SSSR count). The first-order valence-corrected chi connectivity index (χ1v) is 7.02. The summed E-state index contributed by atoms with van der Waals surface area (Å²) >= 11 is 1.77. The first-order chi connectivity index (χ1) is 7.63. The van der Waals surface area contributed by atoms with Gasteiger partial charge in [-0.15, -0.1) is 0 Å². The second-order valence-electron chi connectivity index (χ2n) is 4.61. The molecule has 0 aliphatic heterocycles. The van der Waals surface area contributed by atoms with Crippen molar-refractivity contribution in [2.24, 2.45) is 0 Å². The van der Waals surface area contributed by atoms with Crippen molar-refractivity contribution in [2.45, 2.75) is 45.8 Å². The van der Waals surface area contributed by atoms with Gasteiger partial charge in [0.1, 0.15) is 0 Å². The normalized spacial score (nSPS) is 15.3. The van der Waals surface area contributed by atoms with Crippen LogP contribution in [0, 0.1) is 0 Å². The fourth-order valence-corrected chi connectivity index (χ4v) is 2.16. The van der Waals surface area contributed by atoms with E-state index < -0.39 is 0 Å². The van der Waals surface area contributed by atoms with Crippen molar-refractivity contribution >= 4 is 11.3 Å². The van der Waals surface area contributed by atoms with Gasteiger partial charge >= 0.3 is 0 Å². The Morgan fingerprint density at radius 3 is 2.75 bits per heavy atom. The maximum atomic E-state index is 3.55. The molecule has 2 atom stereocenters. The zero-order chi connectivity index (χ0) is 12.0. The van der Waals surface area contributed by atoms with Crippen molar-refractivity contribution in [3.63, 3.8) is 0 Å². The summed E-state index contributed by atoms with van der Waals surface area (Å²) in [5.74, 6) is 0. The van der Waals surface area contributed by atoms with Gasteiger partial charge in [-0.2, -0.15) is 11.3 Å². The molecule has 0 saturated carbocycles. The Kier molecular flexibility index (Phi) is 6.03. The minimum Gasteiger partial charge on any atom is -0.313 e. The molecule has 0 spiro atoms. The van der Waals surface area contributed by atoms with Gasteiger partial charge in [0.2, 0.25) is 0 Å². The van der Waals surface area contributed by atoms with Crippen molar-refractivity contribution in [3.05, 3.63) is 22.4 Å². The monoisotopic (exact) mass is 240 g/mol. The average molecular weight is 240 g/mol. The van der Waals surface area contributed by atoms with Crippen LogP contribution in [0.3, 0.4) is 0 Å². The molecule has 0 aliphatic rings. The van der Waals surface area contributed by atoms with Crippen molar-refractivity contribution in [3.8, 4) is 0 Å². The quantitative estimate of drug-likeness (QED) is 0.788. The molecule has 0 aliphatic carbocycles. The number of nitrogens with zero attached hydrogens (tertiary/aromatic N) is 1. The maximum absolute atomic E-state index is 3.55. The van der Waals surface area contributed by atoms with Gasteiger partial charge in [-0.25, -0.2) is 0 Å². The van der Waals surface area contributed by atoms with E-state index in [1.54, 1.807) is 11.3 Å². The fraction of sp³-hybridized carbons (Fsp3) is 0.692. The third-order valence-corrected chi connectivity index (χ3v) is 3.87. The fourth-order valence-electron chi connectivity index (χ4n) is 1.50. The van der Waals surface area contributed by atoms with Crippen molar-refractivity contribution < 1.29 is 0 Å². The molecule has 0 amide bonds. The lowest BCUT2D eigenvalue weighted by Crippen LogP contribution is -2.40. The topological polar surface area (TPSA) is 15.3 Å². The van der Waals surface area contributed by atoms with Crippen LogP contribution in [0.15, 0.2) is 16.8 Å². The Balaban J connectivity index is 2.27. The first kappa shape index (κ1) is 13.7. The summed E-state index contributed by atoms with van der Waals surface area (Å²) in [6.07, 6.45) is 1.20. The highest BCUT2D eigenvalue weighted by Crippen LogP contribution is 2.10. The van der Waals surface area contributed by atoms with Crippen molar-refractivity contribution in [2.75, 3.05) is 13.6 Å². The number of hydrogen-bond acceptors (Lipinski definition) is 3. The Morgan fingerprint density at radius 1 is 1.44 bits per heavy atom. The molecule has 0 bridgehead atoms. The zero-order valence-corrected chi connectivity index (χ0v) is 11.7. The summed E-state index contributed by atoms with van der Waals surface area (Å²) in [7, 11) is 2.20. The molecule has 0 saturated heterocycles. The minimum atomic E-state index is 0.578. The van der Waals surface area contributed by atoms with E-state index in [0.29, 0.717) is 12.1 Å². The van der Waals surface area contributed by atoms with Crippen LogP contribution >= 0.6 is 11.3 Å². The molecule has 2 nitrogen and oxygen atoms in total. The molecule has 0 aromatic carbocycles. The molecule has 0 fully saturated rings. The van der Waals surface area contributed by atoms with Crippen LogP contribution in [-0.2, 0) is 6.54 Å². The van der Waals surface area contributed by atoms with E-state index in [2.05, 4.69) is 54.9 Å². The van der Waals surface area contributed by atoms with Crippen LogP contribution in [0.1, 0.15) is 32.8 Å². The van der Waals surface area contributed by atoms with Gasteiger partial charge in [-0.05, 0) is 49.7 Å². The highest BCUT2D eigenvalue weighted by molar-refractivity contribution is 7.07. The molecule has 1 aromatic heterocycles. The summed E-state index contributed by atoms with van der Waals surface area (Å²) in [5, 5.41) is 7.93. The second kappa shape index (κ2) is 7.05. The van der Waals surface area contributed by atoms with Crippen molar-refractivity contribution in [1.29, 1.82) is 0 Å². The molecule has 1 heterocycles. The number of likely N-dealkylation sites (N-methyl/N-ethyl adjacent to an activating group) is 1. The van der Waals surface area contributed by atoms with Gasteiger partial charge in [0.25, 0.3) is 0 Å². The third kappa shape index (κ3) is 4.64. The maximum Gasteiger partial charge on any atom is 0.0242 e. The van der Waals surface area contributed by atoms with Gasteiger partial charge < -0.3 is 5.32 Å². The van der Waals surface area contributed by atoms with E-state index in [4.69, 9.17) is 0 Å². The molecule has 3 heteroatoms. The van der Waals surface area contributed by atoms with E-state index in [-0.39, 0.29) is 0 Å². The highest BCUT2D eigenvalue weighted by atomic mass is 32.1. The van der Waals surface area contributed by atoms with Gasteiger partial charge in [-0.1, -0.05) is 6.92 Å². The largest absolute Gasteiger partial charge is 0.313 e. The van der Waals surface area contributed by atoms with Gasteiger partial charge in [-0.3, -0.25) is 4.90 Å². The molecule has 2 unspecified atom stereocenters. The molecular formula is C13H24N2S. The minimum absolute atomic E-state index is 0.578. The Labute approximate surface area is 104 Å². The number of thiophene rings is 1. The summed E-state index contributed by atoms with van der Waals surface area (Å²) in [4.78, 5) is 2.40. The smallest absolute Gasteiger partial charge is 0.0242 e. The van der Waals surface area contributed by atoms with Crippen LogP contribution in [-0.4, -0.2) is 30.6 Å². The Bertz CT molecular complexity index is 271. The number of nitrogens with one attached hydrogen (secondary N) is 1. The Hall–Kier alpha value is -0.380. The van der Waals surface area contributed by atoms with Gasteiger partial charge in [0, 0.05) is 25.2 Å². The lowest BCUT2D eigenvalue weighted by Gasteiger charge is -2.26. The van der Waals surface area contributed by atoms with Crippen molar-refractivity contribution in [1.82, 2.24) is 10.2 Å². The van der Waals surface area contributed by atoms with Crippen LogP contribution in [0.25, 0.3) is 0 Å². The number of rotatable bonds is 7. The van der Waals surface area contributed by atoms with E-state index in [0.717, 1.165) is 13.1 Å². The standard InChI is InChI=1S/C13H24N2S/c1-5-11(2)14-8-12(3)15(4)9-13-6-7-16-10-13/h6-7,10-12,14H,5,8-9H2,1-4H3. The lowest BCUT2D eigenvalue weighted by molar-refractivity contribution is 0.238. The Morgan fingerprint density at radius 2 is 2.19 bits per heavy atom. The van der Waals surface area contributed by atoms with E-state index in [9.17, 15) is 0 Å². The highest BCUT2D eigenvalue weighted by Gasteiger charge is 2.10. The van der Waals surface area contributed by atoms with Gasteiger partial charge in [0.05, 0.1) is 0 Å². The van der Waals surface area contributed by atoms with Crippen LogP contribution in [0.4, 0.5) is 0 Å². The second-order valence-corrected chi connectivity index (χ2v) is 5.39. The SMILES string of the molecule is CCC(C)NCC(C)N(C)Cc1ccsc1. The predicted octanol–water partition coefficient (Wildman–Crippen LogP) is 2.96. The first-order valence-electron chi connectivity index (χ1n) is 6.08. The molecule has 0 radical (unpaired) electrons. The zero-order valence-electron chi connectivity index (χ0n) is 10.9. The third-order valence-electron chi connectivity index (χ3n) is 3.14. The van der Waals surface area contributed by atoms with E-state index >= 15 is 0 Å². The lowest BCUT2D eigenvalue weighted by atomic mass is 10.2. The van der Waals surface area contributed by atoms with E-state index in [1.165, 1.54) is 12.0 Å². The van der Waals surface area contributed by atoms with Crippen LogP contribution in [0.2, 0.25) is 0 Å². The van der Waals surface area contributed by atoms with Gasteiger partial charge in [0.15, 0.2) is 0 Å². The molecule has 1 N–H and O–H groups in total.